The molecular formula is C22H32ClN5O. The minimum Gasteiger partial charge on any atom is -0.365 e. The van der Waals surface area contributed by atoms with Crippen LogP contribution in [0.5, 0.6) is 0 Å². The molecule has 0 aromatic carbocycles. The Morgan fingerprint density at radius 1 is 1.17 bits per heavy atom. The molecule has 0 aromatic rings. The van der Waals surface area contributed by atoms with Crippen molar-refractivity contribution in [3.05, 3.63) is 16.3 Å². The smallest absolute Gasteiger partial charge is 0.331 e. The Kier molecular flexibility index (Phi) is 4.33. The molecule has 6 nitrogen and oxygen atoms in total. The zero-order valence-corrected chi connectivity index (χ0v) is 18.5. The summed E-state index contributed by atoms with van der Waals surface area (Å²) in [6.07, 6.45) is 7.60. The maximum atomic E-state index is 13.3. The van der Waals surface area contributed by atoms with Crippen molar-refractivity contribution in [1.82, 2.24) is 19.1 Å². The molecule has 0 spiro atoms. The van der Waals surface area contributed by atoms with E-state index in [2.05, 4.69) is 26.1 Å². The summed E-state index contributed by atoms with van der Waals surface area (Å²) in [6, 6.07) is 0.282. The van der Waals surface area contributed by atoms with Crippen LogP contribution in [0.15, 0.2) is 4.79 Å². The number of hydrogen-bond donors (Lipinski definition) is 1. The van der Waals surface area contributed by atoms with Crippen molar-refractivity contribution in [2.75, 3.05) is 5.32 Å². The van der Waals surface area contributed by atoms with Gasteiger partial charge in [0.05, 0.1) is 0 Å². The van der Waals surface area contributed by atoms with Crippen LogP contribution in [0.25, 0.3) is 11.5 Å². The molecule has 7 rings (SSSR count). The quantitative estimate of drug-likeness (QED) is 0.819. The highest BCUT2D eigenvalue weighted by Crippen LogP contribution is 2.65. The first kappa shape index (κ1) is 19.4. The lowest BCUT2D eigenvalue weighted by Gasteiger charge is -2.30. The number of anilines is 1. The van der Waals surface area contributed by atoms with Crippen molar-refractivity contribution in [1.29, 1.82) is 0 Å². The molecule has 4 bridgehead atoms. The molecule has 3 atom stereocenters. The maximum Gasteiger partial charge on any atom is 0.331 e. The van der Waals surface area contributed by atoms with E-state index in [0.717, 1.165) is 53.9 Å². The van der Waals surface area contributed by atoms with Crippen LogP contribution in [0.3, 0.4) is 0 Å². The molecule has 3 aliphatic heterocycles. The highest BCUT2D eigenvalue weighted by molar-refractivity contribution is 5.85. The topological polar surface area (TPSA) is 64.7 Å². The standard InChI is InChI=1S/C22H31N5O.ClH/c1-4-5-26-19-17(18-23-16(12(2)3)11-27(18)21(26)28)24-20(25-19)22-9-13-6-14(10-22)8-15(22)7-13;/h12-16,23H,4-11H2,1-3H3;1H/t13?,14?,15?,16-,22?;/m1./s1. The Hall–Kier alpha value is -1.56. The first-order valence-electron chi connectivity index (χ1n) is 11.3. The van der Waals surface area contributed by atoms with E-state index in [0.29, 0.717) is 12.5 Å². The number of rotatable bonds is 4. The Balaban J connectivity index is 0.00000181. The van der Waals surface area contributed by atoms with E-state index in [1.807, 2.05) is 9.13 Å². The predicted octanol–water partition coefficient (Wildman–Crippen LogP) is 3.90. The molecule has 7 heteroatoms. The molecule has 0 amide bonds. The first-order chi connectivity index (χ1) is 13.5. The summed E-state index contributed by atoms with van der Waals surface area (Å²) in [7, 11) is 0. The molecule has 4 fully saturated rings. The molecular weight excluding hydrogens is 386 g/mol. The zero-order chi connectivity index (χ0) is 19.2. The van der Waals surface area contributed by atoms with Gasteiger partial charge in [-0.2, -0.15) is 0 Å². The molecule has 4 saturated carbocycles. The molecule has 1 N–H and O–H groups in total. The Morgan fingerprint density at radius 3 is 2.55 bits per heavy atom. The summed E-state index contributed by atoms with van der Waals surface area (Å²) in [5, 5.41) is 3.61. The van der Waals surface area contributed by atoms with Crippen LogP contribution in [0.2, 0.25) is 0 Å². The van der Waals surface area contributed by atoms with E-state index in [1.54, 1.807) is 0 Å². The maximum absolute atomic E-state index is 13.3. The van der Waals surface area contributed by atoms with Crippen LogP contribution in [0.4, 0.5) is 5.82 Å². The Labute approximate surface area is 178 Å². The lowest BCUT2D eigenvalue weighted by molar-refractivity contribution is 0.262. The van der Waals surface area contributed by atoms with Gasteiger partial charge in [-0.15, -0.1) is 12.4 Å². The van der Waals surface area contributed by atoms with Crippen molar-refractivity contribution in [3.63, 3.8) is 0 Å². The van der Waals surface area contributed by atoms with Crippen molar-refractivity contribution < 1.29 is 0 Å². The predicted molar refractivity (Wildman–Crippen MR) is 116 cm³/mol. The van der Waals surface area contributed by atoms with Crippen LogP contribution in [0.1, 0.15) is 65.1 Å². The van der Waals surface area contributed by atoms with Gasteiger partial charge in [-0.05, 0) is 62.2 Å². The fourth-order valence-electron chi connectivity index (χ4n) is 7.06. The minimum absolute atomic E-state index is 0. The highest BCUT2D eigenvalue weighted by Gasteiger charge is 2.60. The van der Waals surface area contributed by atoms with Crippen LogP contribution in [-0.2, 0) is 18.5 Å². The number of nitrogens with one attached hydrogen (secondary N) is 1. The summed E-state index contributed by atoms with van der Waals surface area (Å²) in [4.78, 5) is 23.6. The van der Waals surface area contributed by atoms with E-state index in [9.17, 15) is 4.79 Å². The number of nitrogens with zero attached hydrogens (tertiary/aromatic N) is 4. The molecule has 29 heavy (non-hydrogen) atoms. The largest absolute Gasteiger partial charge is 0.365 e. The monoisotopic (exact) mass is 417 g/mol. The zero-order valence-electron chi connectivity index (χ0n) is 17.6. The van der Waals surface area contributed by atoms with Gasteiger partial charge in [0.25, 0.3) is 0 Å². The van der Waals surface area contributed by atoms with E-state index in [-0.39, 0.29) is 29.6 Å². The van der Waals surface area contributed by atoms with E-state index in [1.165, 1.54) is 32.1 Å². The normalized spacial score (nSPS) is 34.1. The average molecular weight is 418 g/mol. The molecule has 0 radical (unpaired) electrons. The molecule has 2 unspecified atom stereocenters. The summed E-state index contributed by atoms with van der Waals surface area (Å²) < 4.78 is 3.80. The van der Waals surface area contributed by atoms with Gasteiger partial charge in [0.2, 0.25) is 0 Å². The van der Waals surface area contributed by atoms with Crippen LogP contribution in [0, 0.1) is 23.7 Å². The van der Waals surface area contributed by atoms with Gasteiger partial charge in [-0.25, -0.2) is 14.8 Å². The highest BCUT2D eigenvalue weighted by atomic mass is 35.5. The molecule has 7 aliphatic rings. The third kappa shape index (κ3) is 2.50. The molecule has 158 valence electrons. The third-order valence-corrected chi connectivity index (χ3v) is 8.24. The second-order valence-electron chi connectivity index (χ2n) is 10.3. The van der Waals surface area contributed by atoms with Crippen molar-refractivity contribution in [3.8, 4) is 11.5 Å². The van der Waals surface area contributed by atoms with E-state index >= 15 is 0 Å². The molecule has 4 aliphatic carbocycles. The second kappa shape index (κ2) is 6.47. The van der Waals surface area contributed by atoms with Gasteiger partial charge in [0.15, 0.2) is 5.82 Å². The van der Waals surface area contributed by atoms with Gasteiger partial charge in [-0.1, -0.05) is 20.8 Å². The van der Waals surface area contributed by atoms with Crippen molar-refractivity contribution in [2.24, 2.45) is 23.7 Å². The SMILES string of the molecule is CCCn1c2nc(C34CC5CC(CC3C5)C4)nc-2c2n(c1=O)C[C@H](C(C)C)N2.Cl. The van der Waals surface area contributed by atoms with Crippen molar-refractivity contribution >= 4 is 18.2 Å². The molecule has 0 saturated heterocycles. The van der Waals surface area contributed by atoms with Crippen LogP contribution in [-0.4, -0.2) is 25.1 Å². The number of halogens is 1. The van der Waals surface area contributed by atoms with Gasteiger partial charge < -0.3 is 5.32 Å². The Bertz CT molecular complexity index is 964. The fourth-order valence-corrected chi connectivity index (χ4v) is 7.06. The van der Waals surface area contributed by atoms with Gasteiger partial charge >= 0.3 is 5.69 Å². The number of imidazole rings is 1. The van der Waals surface area contributed by atoms with E-state index in [4.69, 9.17) is 9.97 Å². The number of hydrogen-bond acceptors (Lipinski definition) is 4. The second-order valence-corrected chi connectivity index (χ2v) is 10.3. The van der Waals surface area contributed by atoms with Crippen LogP contribution < -0.4 is 11.0 Å². The van der Waals surface area contributed by atoms with Gasteiger partial charge in [-0.3, -0.25) is 9.13 Å². The Morgan fingerprint density at radius 2 is 1.90 bits per heavy atom. The lowest BCUT2D eigenvalue weighted by atomic mass is 9.75. The number of fused-ring (bicyclic) bond motifs is 3. The third-order valence-electron chi connectivity index (χ3n) is 8.24. The number of aromatic nitrogens is 4. The molecule has 0 aromatic heterocycles. The van der Waals surface area contributed by atoms with E-state index < -0.39 is 0 Å². The summed E-state index contributed by atoms with van der Waals surface area (Å²) >= 11 is 0. The molecule has 3 heterocycles. The van der Waals surface area contributed by atoms with Gasteiger partial charge in [0, 0.05) is 24.5 Å². The first-order valence-corrected chi connectivity index (χ1v) is 11.3. The van der Waals surface area contributed by atoms with Crippen molar-refractivity contribution in [2.45, 2.75) is 83.8 Å². The fraction of sp³-hybridized carbons (Fsp3) is 0.773. The summed E-state index contributed by atoms with van der Waals surface area (Å²) in [5.41, 5.74) is 1.18. The average Bonchev–Trinajstić information content (AvgIpc) is 3.38. The lowest BCUT2D eigenvalue weighted by Crippen LogP contribution is -2.32. The van der Waals surface area contributed by atoms with Crippen LogP contribution >= 0.6 is 12.4 Å². The van der Waals surface area contributed by atoms with Gasteiger partial charge in [0.1, 0.15) is 17.3 Å². The summed E-state index contributed by atoms with van der Waals surface area (Å²) in [5.74, 6) is 5.74. The minimum atomic E-state index is 0. The summed E-state index contributed by atoms with van der Waals surface area (Å²) in [6.45, 7) is 7.98.